The van der Waals surface area contributed by atoms with Crippen LogP contribution in [0, 0.1) is 13.8 Å². The zero-order valence-corrected chi connectivity index (χ0v) is 15.3. The summed E-state index contributed by atoms with van der Waals surface area (Å²) in [6.07, 6.45) is 1.80. The molecule has 1 N–H and O–H groups in total. The highest BCUT2D eigenvalue weighted by Crippen LogP contribution is 2.31. The maximum absolute atomic E-state index is 12.9. The van der Waals surface area contributed by atoms with Crippen LogP contribution in [0.3, 0.4) is 0 Å². The summed E-state index contributed by atoms with van der Waals surface area (Å²) in [5.74, 6) is 0. The topological polar surface area (TPSA) is 59.9 Å². The SMILES string of the molecule is Cc1ccc(-n2[nH]c(C)c(C=NC34CN5CN(CN(C5)C3)C4)c2=O)cc1. The van der Waals surface area contributed by atoms with Gasteiger partial charge in [-0.15, -0.1) is 0 Å². The van der Waals surface area contributed by atoms with Crippen molar-refractivity contribution in [3.05, 3.63) is 51.4 Å². The lowest BCUT2D eigenvalue weighted by atomic mass is 9.91. The third-order valence-corrected chi connectivity index (χ3v) is 5.63. The number of benzene rings is 1. The lowest BCUT2D eigenvalue weighted by Crippen LogP contribution is -2.75. The number of aromatic nitrogens is 2. The van der Waals surface area contributed by atoms with Gasteiger partial charge in [0, 0.05) is 31.5 Å². The van der Waals surface area contributed by atoms with E-state index in [1.165, 1.54) is 5.56 Å². The van der Waals surface area contributed by atoms with Gasteiger partial charge in [-0.3, -0.25) is 29.6 Å². The fraction of sp³-hybridized carbons (Fsp3) is 0.474. The molecule has 6 rings (SSSR count). The highest BCUT2D eigenvalue weighted by atomic mass is 16.1. The maximum Gasteiger partial charge on any atom is 0.280 e. The van der Waals surface area contributed by atoms with Crippen molar-refractivity contribution in [2.24, 2.45) is 4.99 Å². The molecule has 0 aliphatic carbocycles. The van der Waals surface area contributed by atoms with Crippen molar-refractivity contribution in [1.29, 1.82) is 0 Å². The zero-order chi connectivity index (χ0) is 17.9. The molecule has 136 valence electrons. The van der Waals surface area contributed by atoms with Crippen molar-refractivity contribution >= 4 is 6.21 Å². The molecule has 4 fully saturated rings. The van der Waals surface area contributed by atoms with Crippen LogP contribution < -0.4 is 5.56 Å². The average molecular weight is 352 g/mol. The van der Waals surface area contributed by atoms with E-state index in [4.69, 9.17) is 4.99 Å². The summed E-state index contributed by atoms with van der Waals surface area (Å²) < 4.78 is 1.60. The molecule has 4 aliphatic heterocycles. The fourth-order valence-corrected chi connectivity index (χ4v) is 4.59. The normalized spacial score (nSPS) is 32.6. The first-order chi connectivity index (χ1) is 12.5. The minimum atomic E-state index is -0.112. The van der Waals surface area contributed by atoms with E-state index in [0.29, 0.717) is 5.56 Å². The highest BCUT2D eigenvalue weighted by Gasteiger charge is 2.48. The van der Waals surface area contributed by atoms with Gasteiger partial charge in [-0.2, -0.15) is 0 Å². The van der Waals surface area contributed by atoms with Crippen LogP contribution in [0.2, 0.25) is 0 Å². The van der Waals surface area contributed by atoms with E-state index in [1.807, 2.05) is 38.1 Å². The molecule has 26 heavy (non-hydrogen) atoms. The van der Waals surface area contributed by atoms with Gasteiger partial charge in [-0.1, -0.05) is 17.7 Å². The van der Waals surface area contributed by atoms with Crippen molar-refractivity contribution in [1.82, 2.24) is 24.5 Å². The van der Waals surface area contributed by atoms with Crippen LogP contribution in [-0.4, -0.2) is 75.9 Å². The number of hydrogen-bond donors (Lipinski definition) is 1. The van der Waals surface area contributed by atoms with Crippen LogP contribution >= 0.6 is 0 Å². The van der Waals surface area contributed by atoms with E-state index < -0.39 is 0 Å². The molecule has 0 atom stereocenters. The molecule has 4 bridgehead atoms. The Kier molecular flexibility index (Phi) is 3.47. The Morgan fingerprint density at radius 1 is 1.00 bits per heavy atom. The number of nitrogens with zero attached hydrogens (tertiary/aromatic N) is 5. The van der Waals surface area contributed by atoms with Crippen molar-refractivity contribution in [3.63, 3.8) is 0 Å². The number of aryl methyl sites for hydroxylation is 2. The Bertz CT molecular complexity index is 887. The Hall–Kier alpha value is -2.22. The molecular weight excluding hydrogens is 328 g/mol. The van der Waals surface area contributed by atoms with Crippen molar-refractivity contribution < 1.29 is 0 Å². The van der Waals surface area contributed by atoms with Crippen LogP contribution in [0.15, 0.2) is 34.1 Å². The zero-order valence-electron chi connectivity index (χ0n) is 15.3. The van der Waals surface area contributed by atoms with E-state index in [-0.39, 0.29) is 11.1 Å². The first-order valence-electron chi connectivity index (χ1n) is 9.12. The number of aliphatic imine (C=N–C) groups is 1. The van der Waals surface area contributed by atoms with Crippen LogP contribution in [0.5, 0.6) is 0 Å². The van der Waals surface area contributed by atoms with Gasteiger partial charge >= 0.3 is 0 Å². The van der Waals surface area contributed by atoms with Crippen molar-refractivity contribution in [2.75, 3.05) is 39.6 Å². The summed E-state index contributed by atoms with van der Waals surface area (Å²) in [6, 6.07) is 7.94. The summed E-state index contributed by atoms with van der Waals surface area (Å²) in [5, 5.41) is 3.19. The standard InChI is InChI=1S/C19H24N6O/c1-14-3-5-16(6-4-14)25-18(26)17(15(2)21-25)7-20-19-8-22-11-23(9-19)13-24(10-19)12-22/h3-7,21H,8-13H2,1-2H3. The van der Waals surface area contributed by atoms with Gasteiger partial charge in [0.25, 0.3) is 5.56 Å². The fourth-order valence-electron chi connectivity index (χ4n) is 4.59. The van der Waals surface area contributed by atoms with Gasteiger partial charge in [0.2, 0.25) is 0 Å². The quantitative estimate of drug-likeness (QED) is 0.829. The lowest BCUT2D eigenvalue weighted by Gasteiger charge is -2.59. The second-order valence-electron chi connectivity index (χ2n) is 8.02. The van der Waals surface area contributed by atoms with Crippen LogP contribution in [0.4, 0.5) is 0 Å². The average Bonchev–Trinajstić information content (AvgIpc) is 2.87. The van der Waals surface area contributed by atoms with Gasteiger partial charge in [0.1, 0.15) is 0 Å². The first kappa shape index (κ1) is 16.0. The number of H-pyrrole nitrogens is 1. The molecule has 0 amide bonds. The minimum Gasteiger partial charge on any atom is -0.295 e. The van der Waals surface area contributed by atoms with E-state index in [0.717, 1.165) is 51.0 Å². The summed E-state index contributed by atoms with van der Waals surface area (Å²) in [6.45, 7) is 10.0. The van der Waals surface area contributed by atoms with Crippen LogP contribution in [0.1, 0.15) is 16.8 Å². The molecule has 4 aliphatic rings. The van der Waals surface area contributed by atoms with Gasteiger partial charge in [-0.05, 0) is 26.0 Å². The van der Waals surface area contributed by atoms with E-state index in [1.54, 1.807) is 10.9 Å². The lowest BCUT2D eigenvalue weighted by molar-refractivity contribution is -0.139. The largest absolute Gasteiger partial charge is 0.295 e. The van der Waals surface area contributed by atoms with Gasteiger partial charge in [-0.25, -0.2) is 4.68 Å². The van der Waals surface area contributed by atoms with Gasteiger partial charge in [0.05, 0.1) is 36.8 Å². The predicted octanol–water partition coefficient (Wildman–Crippen LogP) is 0.759. The molecule has 2 aromatic rings. The highest BCUT2D eigenvalue weighted by molar-refractivity contribution is 5.81. The summed E-state index contributed by atoms with van der Waals surface area (Å²) in [7, 11) is 0. The Morgan fingerprint density at radius 2 is 1.58 bits per heavy atom. The molecule has 0 spiro atoms. The molecule has 1 aromatic carbocycles. The molecule has 0 unspecified atom stereocenters. The molecule has 7 heteroatoms. The monoisotopic (exact) mass is 352 g/mol. The molecule has 5 heterocycles. The Morgan fingerprint density at radius 3 is 2.15 bits per heavy atom. The predicted molar refractivity (Wildman–Crippen MR) is 101 cm³/mol. The summed E-state index contributed by atoms with van der Waals surface area (Å²) in [5.41, 5.74) is 3.38. The number of aromatic amines is 1. The summed E-state index contributed by atoms with van der Waals surface area (Å²) in [4.78, 5) is 25.1. The summed E-state index contributed by atoms with van der Waals surface area (Å²) >= 11 is 0. The second kappa shape index (κ2) is 5.64. The third-order valence-electron chi connectivity index (χ3n) is 5.63. The van der Waals surface area contributed by atoms with Gasteiger partial charge in [0.15, 0.2) is 0 Å². The first-order valence-corrected chi connectivity index (χ1v) is 9.12. The van der Waals surface area contributed by atoms with Crippen molar-refractivity contribution in [2.45, 2.75) is 19.4 Å². The smallest absolute Gasteiger partial charge is 0.280 e. The van der Waals surface area contributed by atoms with Crippen LogP contribution in [0.25, 0.3) is 5.69 Å². The maximum atomic E-state index is 12.9. The van der Waals surface area contributed by atoms with Crippen molar-refractivity contribution in [3.8, 4) is 5.69 Å². The number of rotatable bonds is 3. The Labute approximate surface area is 152 Å². The van der Waals surface area contributed by atoms with E-state index >= 15 is 0 Å². The number of nitrogens with one attached hydrogen (secondary N) is 1. The van der Waals surface area contributed by atoms with E-state index in [2.05, 4.69) is 19.8 Å². The van der Waals surface area contributed by atoms with Gasteiger partial charge < -0.3 is 0 Å². The molecule has 7 nitrogen and oxygen atoms in total. The molecule has 0 saturated carbocycles. The van der Waals surface area contributed by atoms with E-state index in [9.17, 15) is 4.79 Å². The Balaban J connectivity index is 1.47. The minimum absolute atomic E-state index is 0.0410. The molecular formula is C19H24N6O. The number of hydrogen-bond acceptors (Lipinski definition) is 5. The third kappa shape index (κ3) is 2.55. The van der Waals surface area contributed by atoms with Crippen LogP contribution in [-0.2, 0) is 0 Å². The second-order valence-corrected chi connectivity index (χ2v) is 8.02. The molecule has 4 saturated heterocycles. The molecule has 1 aromatic heterocycles. The molecule has 0 radical (unpaired) electrons.